The molecule has 0 fully saturated rings. The fraction of sp³-hybridized carbons (Fsp3) is 0.0698. The summed E-state index contributed by atoms with van der Waals surface area (Å²) in [6.45, 7) is 4.71. The molecule has 0 N–H and O–H groups in total. The van der Waals surface area contributed by atoms with Crippen molar-refractivity contribution in [2.75, 3.05) is 0 Å². The highest BCUT2D eigenvalue weighted by Crippen LogP contribution is 2.48. The van der Waals surface area contributed by atoms with Crippen molar-refractivity contribution < 1.29 is 0 Å². The summed E-state index contributed by atoms with van der Waals surface area (Å²) in [5.41, 5.74) is 13.6. The van der Waals surface area contributed by atoms with Gasteiger partial charge in [0.2, 0.25) is 0 Å². The van der Waals surface area contributed by atoms with Crippen LogP contribution < -0.4 is 0 Å². The van der Waals surface area contributed by atoms with Crippen molar-refractivity contribution >= 4 is 21.8 Å². The molecule has 8 aromatic rings. The summed E-state index contributed by atoms with van der Waals surface area (Å²) >= 11 is 0. The Hall–Kier alpha value is -5.80. The minimum absolute atomic E-state index is 0.162. The zero-order valence-corrected chi connectivity index (χ0v) is 25.8. The van der Waals surface area contributed by atoms with Crippen LogP contribution in [0.3, 0.4) is 0 Å². The summed E-state index contributed by atoms with van der Waals surface area (Å²) in [5.74, 6) is 0.718. The summed E-state index contributed by atoms with van der Waals surface area (Å²) in [7, 11) is 0. The summed E-state index contributed by atoms with van der Waals surface area (Å²) in [6.07, 6.45) is 0. The van der Waals surface area contributed by atoms with Crippen LogP contribution in [0, 0.1) is 0 Å². The van der Waals surface area contributed by atoms with Gasteiger partial charge in [0.05, 0.1) is 28.1 Å². The van der Waals surface area contributed by atoms with E-state index in [1.807, 2.05) is 12.1 Å². The van der Waals surface area contributed by atoms with Crippen LogP contribution in [0.4, 0.5) is 0 Å². The van der Waals surface area contributed by atoms with Gasteiger partial charge in [0.15, 0.2) is 5.82 Å². The molecular weight excluding hydrogens is 558 g/mol. The van der Waals surface area contributed by atoms with Gasteiger partial charge in [-0.3, -0.25) is 0 Å². The van der Waals surface area contributed by atoms with E-state index in [-0.39, 0.29) is 5.41 Å². The van der Waals surface area contributed by atoms with Gasteiger partial charge in [-0.1, -0.05) is 135 Å². The quantitative estimate of drug-likeness (QED) is 0.204. The second-order valence-corrected chi connectivity index (χ2v) is 12.7. The van der Waals surface area contributed by atoms with Gasteiger partial charge >= 0.3 is 0 Å². The smallest absolute Gasteiger partial charge is 0.160 e. The number of aromatic nitrogens is 3. The average Bonchev–Trinajstić information content (AvgIpc) is 3.46. The molecule has 0 atom stereocenters. The van der Waals surface area contributed by atoms with Crippen molar-refractivity contribution in [1.82, 2.24) is 14.5 Å². The predicted octanol–water partition coefficient (Wildman–Crippen LogP) is 10.9. The van der Waals surface area contributed by atoms with Crippen molar-refractivity contribution in [3.05, 3.63) is 163 Å². The molecule has 6 aromatic carbocycles. The van der Waals surface area contributed by atoms with Crippen LogP contribution in [0.1, 0.15) is 25.0 Å². The molecule has 0 bridgehead atoms. The van der Waals surface area contributed by atoms with E-state index in [1.165, 1.54) is 44.2 Å². The van der Waals surface area contributed by atoms with Crippen LogP contribution in [0.15, 0.2) is 152 Å². The first-order chi connectivity index (χ1) is 22.6. The normalized spacial score (nSPS) is 13.2. The van der Waals surface area contributed by atoms with Gasteiger partial charge in [0.25, 0.3) is 0 Å². The largest absolute Gasteiger partial charge is 0.309 e. The Morgan fingerprint density at radius 2 is 1.04 bits per heavy atom. The van der Waals surface area contributed by atoms with E-state index in [0.29, 0.717) is 0 Å². The van der Waals surface area contributed by atoms with Crippen LogP contribution in [0.25, 0.3) is 72.5 Å². The molecule has 0 saturated heterocycles. The Labute approximate surface area is 268 Å². The van der Waals surface area contributed by atoms with Crippen LogP contribution in [-0.2, 0) is 5.41 Å². The third-order valence-corrected chi connectivity index (χ3v) is 9.60. The van der Waals surface area contributed by atoms with Gasteiger partial charge < -0.3 is 4.57 Å². The Bertz CT molecular complexity index is 2380. The molecule has 3 nitrogen and oxygen atoms in total. The number of rotatable bonds is 4. The lowest BCUT2D eigenvalue weighted by molar-refractivity contribution is 0.630. The Balaban J connectivity index is 1.19. The molecule has 0 unspecified atom stereocenters. The maximum absolute atomic E-state index is 5.08. The molecule has 46 heavy (non-hydrogen) atoms. The number of hydrogen-bond acceptors (Lipinski definition) is 2. The molecule has 2 aromatic heterocycles. The lowest BCUT2D eigenvalue weighted by Gasteiger charge is -2.35. The summed E-state index contributed by atoms with van der Waals surface area (Å²) < 4.78 is 2.47. The first-order valence-electron chi connectivity index (χ1n) is 15.8. The van der Waals surface area contributed by atoms with Crippen LogP contribution >= 0.6 is 0 Å². The zero-order valence-electron chi connectivity index (χ0n) is 25.8. The maximum Gasteiger partial charge on any atom is 0.160 e. The predicted molar refractivity (Wildman–Crippen MR) is 190 cm³/mol. The van der Waals surface area contributed by atoms with Crippen molar-refractivity contribution in [3.8, 4) is 50.7 Å². The molecule has 3 heteroatoms. The second-order valence-electron chi connectivity index (χ2n) is 12.7. The van der Waals surface area contributed by atoms with E-state index < -0.39 is 0 Å². The second kappa shape index (κ2) is 10.1. The molecule has 218 valence electrons. The molecule has 3 heterocycles. The minimum Gasteiger partial charge on any atom is -0.309 e. The summed E-state index contributed by atoms with van der Waals surface area (Å²) in [4.78, 5) is 10.2. The van der Waals surface area contributed by atoms with E-state index >= 15 is 0 Å². The molecule has 9 rings (SSSR count). The molecule has 0 spiro atoms. The summed E-state index contributed by atoms with van der Waals surface area (Å²) in [6, 6.07) is 53.9. The van der Waals surface area contributed by atoms with Crippen molar-refractivity contribution in [1.29, 1.82) is 0 Å². The number of benzene rings is 6. The van der Waals surface area contributed by atoms with E-state index in [0.717, 1.165) is 39.5 Å². The lowest BCUT2D eigenvalue weighted by Crippen LogP contribution is -2.26. The highest BCUT2D eigenvalue weighted by Gasteiger charge is 2.35. The van der Waals surface area contributed by atoms with Gasteiger partial charge in [0.1, 0.15) is 0 Å². The highest BCUT2D eigenvalue weighted by molar-refractivity contribution is 6.11. The number of nitrogens with zero attached hydrogens (tertiary/aromatic N) is 3. The van der Waals surface area contributed by atoms with E-state index in [1.54, 1.807) is 0 Å². The third-order valence-electron chi connectivity index (χ3n) is 9.60. The fourth-order valence-electron chi connectivity index (χ4n) is 7.26. The van der Waals surface area contributed by atoms with Gasteiger partial charge in [-0.05, 0) is 52.6 Å². The first-order valence-corrected chi connectivity index (χ1v) is 15.8. The van der Waals surface area contributed by atoms with Gasteiger partial charge in [-0.25, -0.2) is 9.97 Å². The minimum atomic E-state index is -0.162. The molecule has 0 saturated carbocycles. The van der Waals surface area contributed by atoms with Crippen molar-refractivity contribution in [3.63, 3.8) is 0 Å². The van der Waals surface area contributed by atoms with E-state index in [2.05, 4.69) is 158 Å². The fourth-order valence-corrected chi connectivity index (χ4v) is 7.26. The SMILES string of the molecule is CC1(C)c2cc(-c3cccc(-c4nc(-c5ccccc5)cc(-c5ccccc5)n4)c3)ccc2-n2c3ccccc3c3cccc1c32. The van der Waals surface area contributed by atoms with Crippen LogP contribution in [-0.4, -0.2) is 14.5 Å². The number of fused-ring (bicyclic) bond motifs is 5. The molecule has 1 aliphatic rings. The molecular formula is C43H31N3. The Morgan fingerprint density at radius 3 is 1.78 bits per heavy atom. The lowest BCUT2D eigenvalue weighted by atomic mass is 9.74. The molecule has 0 aliphatic carbocycles. The van der Waals surface area contributed by atoms with Gasteiger partial charge in [-0.15, -0.1) is 0 Å². The van der Waals surface area contributed by atoms with Gasteiger partial charge in [-0.2, -0.15) is 0 Å². The number of para-hydroxylation sites is 2. The standard InChI is InChI=1S/C43H31N3/c1-43(2)35-21-12-20-34-33-19-9-10-22-39(33)46(41(34)35)40-24-23-31(26-36(40)43)30-17-11-18-32(25-30)42-44-37(28-13-5-3-6-14-28)27-38(45-42)29-15-7-4-8-16-29/h3-27H,1-2H3. The van der Waals surface area contributed by atoms with Crippen LogP contribution in [0.5, 0.6) is 0 Å². The number of hydrogen-bond donors (Lipinski definition) is 0. The van der Waals surface area contributed by atoms with E-state index in [9.17, 15) is 0 Å². The molecule has 0 amide bonds. The third kappa shape index (κ3) is 4.05. The highest BCUT2D eigenvalue weighted by atomic mass is 15.0. The Morgan fingerprint density at radius 1 is 0.457 bits per heavy atom. The van der Waals surface area contributed by atoms with Crippen molar-refractivity contribution in [2.24, 2.45) is 0 Å². The topological polar surface area (TPSA) is 30.7 Å². The monoisotopic (exact) mass is 589 g/mol. The van der Waals surface area contributed by atoms with E-state index in [4.69, 9.17) is 9.97 Å². The molecule has 1 aliphatic heterocycles. The maximum atomic E-state index is 5.08. The average molecular weight is 590 g/mol. The first kappa shape index (κ1) is 26.6. The molecule has 0 radical (unpaired) electrons. The van der Waals surface area contributed by atoms with Crippen molar-refractivity contribution in [2.45, 2.75) is 19.3 Å². The Kier molecular flexibility index (Phi) is 5.85. The van der Waals surface area contributed by atoms with Gasteiger partial charge in [0, 0.05) is 32.9 Å². The van der Waals surface area contributed by atoms with Crippen LogP contribution in [0.2, 0.25) is 0 Å². The summed E-state index contributed by atoms with van der Waals surface area (Å²) in [5, 5.41) is 2.61. The zero-order chi connectivity index (χ0) is 30.8.